The molecule has 0 spiro atoms. The van der Waals surface area contributed by atoms with Crippen LogP contribution in [-0.2, 0) is 19.3 Å². The zero-order chi connectivity index (χ0) is 13.9. The molecule has 4 nitrogen and oxygen atoms in total. The van der Waals surface area contributed by atoms with Crippen molar-refractivity contribution in [1.29, 1.82) is 0 Å². The molecule has 1 aliphatic rings. The third kappa shape index (κ3) is 2.75. The van der Waals surface area contributed by atoms with Crippen LogP contribution < -0.4 is 5.32 Å². The summed E-state index contributed by atoms with van der Waals surface area (Å²) in [5, 5.41) is 11.9. The van der Waals surface area contributed by atoms with Crippen LogP contribution in [0.2, 0.25) is 0 Å². The summed E-state index contributed by atoms with van der Waals surface area (Å²) in [5.41, 5.74) is 2.99. The Morgan fingerprint density at radius 3 is 2.60 bits per heavy atom. The highest BCUT2D eigenvalue weighted by molar-refractivity contribution is 5.33. The number of hydrogen-bond donors (Lipinski definition) is 1. The Morgan fingerprint density at radius 2 is 1.95 bits per heavy atom. The van der Waals surface area contributed by atoms with Gasteiger partial charge in [0.05, 0.1) is 0 Å². The Kier molecular flexibility index (Phi) is 3.83. The molecule has 3 rings (SSSR count). The normalized spacial score (nSPS) is 14.9. The van der Waals surface area contributed by atoms with Gasteiger partial charge in [0.1, 0.15) is 12.2 Å². The second-order valence-corrected chi connectivity index (χ2v) is 5.83. The largest absolute Gasteiger partial charge is 0.315 e. The van der Waals surface area contributed by atoms with Crippen LogP contribution in [0.15, 0.2) is 30.6 Å². The molecule has 1 aliphatic carbocycles. The standard InChI is InChI=1S/C16H22N4/c1-12(2)20-11-18-19-16(20)7-8-17-15-9-13-5-3-4-6-14(13)10-15/h3-6,11-12,15,17H,7-10H2,1-2H3. The van der Waals surface area contributed by atoms with Gasteiger partial charge in [0.2, 0.25) is 0 Å². The average molecular weight is 270 g/mol. The van der Waals surface area contributed by atoms with E-state index in [2.05, 4.69) is 58.2 Å². The maximum Gasteiger partial charge on any atom is 0.134 e. The summed E-state index contributed by atoms with van der Waals surface area (Å²) in [4.78, 5) is 0. The van der Waals surface area contributed by atoms with E-state index in [1.807, 2.05) is 6.33 Å². The molecule has 1 aromatic carbocycles. The summed E-state index contributed by atoms with van der Waals surface area (Å²) in [6.45, 7) is 5.28. The van der Waals surface area contributed by atoms with E-state index in [1.54, 1.807) is 0 Å². The van der Waals surface area contributed by atoms with Crippen LogP contribution in [0.25, 0.3) is 0 Å². The number of aromatic nitrogens is 3. The molecule has 0 radical (unpaired) electrons. The quantitative estimate of drug-likeness (QED) is 0.905. The highest BCUT2D eigenvalue weighted by Gasteiger charge is 2.20. The van der Waals surface area contributed by atoms with Crippen molar-refractivity contribution < 1.29 is 0 Å². The molecular weight excluding hydrogens is 248 g/mol. The first-order valence-corrected chi connectivity index (χ1v) is 7.42. The average Bonchev–Trinajstić information content (AvgIpc) is 3.04. The third-order valence-corrected chi connectivity index (χ3v) is 4.04. The topological polar surface area (TPSA) is 42.7 Å². The van der Waals surface area contributed by atoms with Gasteiger partial charge in [0, 0.05) is 25.0 Å². The molecule has 0 bridgehead atoms. The van der Waals surface area contributed by atoms with Crippen molar-refractivity contribution in [1.82, 2.24) is 20.1 Å². The van der Waals surface area contributed by atoms with E-state index in [0.29, 0.717) is 12.1 Å². The van der Waals surface area contributed by atoms with Crippen molar-refractivity contribution in [3.63, 3.8) is 0 Å². The fourth-order valence-electron chi connectivity index (χ4n) is 2.97. The first-order chi connectivity index (χ1) is 9.74. The van der Waals surface area contributed by atoms with Gasteiger partial charge in [-0.2, -0.15) is 0 Å². The summed E-state index contributed by atoms with van der Waals surface area (Å²) in [6, 6.07) is 9.75. The van der Waals surface area contributed by atoms with E-state index in [1.165, 1.54) is 11.1 Å². The molecule has 0 amide bonds. The number of hydrogen-bond acceptors (Lipinski definition) is 3. The van der Waals surface area contributed by atoms with Crippen molar-refractivity contribution >= 4 is 0 Å². The predicted octanol–water partition coefficient (Wildman–Crippen LogP) is 2.16. The Morgan fingerprint density at radius 1 is 1.25 bits per heavy atom. The molecule has 0 saturated carbocycles. The maximum atomic E-state index is 4.21. The highest BCUT2D eigenvalue weighted by atomic mass is 15.3. The van der Waals surface area contributed by atoms with Crippen molar-refractivity contribution in [3.05, 3.63) is 47.5 Å². The number of nitrogens with zero attached hydrogens (tertiary/aromatic N) is 3. The Balaban J connectivity index is 1.51. The zero-order valence-corrected chi connectivity index (χ0v) is 12.2. The van der Waals surface area contributed by atoms with Crippen LogP contribution in [0.5, 0.6) is 0 Å². The van der Waals surface area contributed by atoms with E-state index in [0.717, 1.165) is 31.6 Å². The van der Waals surface area contributed by atoms with E-state index < -0.39 is 0 Å². The molecule has 0 aliphatic heterocycles. The van der Waals surface area contributed by atoms with Gasteiger partial charge in [-0.25, -0.2) is 0 Å². The molecule has 0 fully saturated rings. The molecule has 4 heteroatoms. The van der Waals surface area contributed by atoms with Crippen molar-refractivity contribution in [2.24, 2.45) is 0 Å². The van der Waals surface area contributed by atoms with Crippen molar-refractivity contribution in [2.75, 3.05) is 6.54 Å². The van der Waals surface area contributed by atoms with Crippen LogP contribution in [0.4, 0.5) is 0 Å². The van der Waals surface area contributed by atoms with Crippen LogP contribution >= 0.6 is 0 Å². The van der Waals surface area contributed by atoms with E-state index in [9.17, 15) is 0 Å². The van der Waals surface area contributed by atoms with Gasteiger partial charge in [0.25, 0.3) is 0 Å². The second-order valence-electron chi connectivity index (χ2n) is 5.83. The SMILES string of the molecule is CC(C)n1cnnc1CCNC1Cc2ccccc2C1. The fourth-order valence-corrected chi connectivity index (χ4v) is 2.97. The van der Waals surface area contributed by atoms with Gasteiger partial charge < -0.3 is 9.88 Å². The fraction of sp³-hybridized carbons (Fsp3) is 0.500. The molecule has 0 atom stereocenters. The highest BCUT2D eigenvalue weighted by Crippen LogP contribution is 2.21. The monoisotopic (exact) mass is 270 g/mol. The van der Waals surface area contributed by atoms with Crippen molar-refractivity contribution in [2.45, 2.75) is 45.2 Å². The Labute approximate surface area is 120 Å². The minimum Gasteiger partial charge on any atom is -0.315 e. The van der Waals surface area contributed by atoms with Crippen LogP contribution in [0.3, 0.4) is 0 Å². The van der Waals surface area contributed by atoms with Gasteiger partial charge in [-0.05, 0) is 37.8 Å². The number of nitrogens with one attached hydrogen (secondary N) is 1. The third-order valence-electron chi connectivity index (χ3n) is 4.04. The molecule has 1 aromatic heterocycles. The zero-order valence-electron chi connectivity index (χ0n) is 12.2. The Hall–Kier alpha value is -1.68. The summed E-state index contributed by atoms with van der Waals surface area (Å²) in [6.07, 6.45) is 5.05. The molecule has 1 heterocycles. The Bertz CT molecular complexity index is 548. The molecule has 106 valence electrons. The number of benzene rings is 1. The summed E-state index contributed by atoms with van der Waals surface area (Å²) < 4.78 is 2.14. The molecule has 2 aromatic rings. The molecule has 0 unspecified atom stereocenters. The predicted molar refractivity (Wildman–Crippen MR) is 79.8 cm³/mol. The second kappa shape index (κ2) is 5.75. The van der Waals surface area contributed by atoms with Crippen molar-refractivity contribution in [3.8, 4) is 0 Å². The van der Waals surface area contributed by atoms with Gasteiger partial charge in [-0.1, -0.05) is 24.3 Å². The van der Waals surface area contributed by atoms with Crippen LogP contribution in [0.1, 0.15) is 36.8 Å². The van der Waals surface area contributed by atoms with E-state index in [-0.39, 0.29) is 0 Å². The van der Waals surface area contributed by atoms with Crippen LogP contribution in [-0.4, -0.2) is 27.4 Å². The summed E-state index contributed by atoms with van der Waals surface area (Å²) in [5.74, 6) is 1.07. The lowest BCUT2D eigenvalue weighted by Crippen LogP contribution is -2.31. The minimum atomic E-state index is 0.427. The lowest BCUT2D eigenvalue weighted by molar-refractivity contribution is 0.512. The maximum absolute atomic E-state index is 4.21. The summed E-state index contributed by atoms with van der Waals surface area (Å²) >= 11 is 0. The van der Waals surface area contributed by atoms with E-state index >= 15 is 0 Å². The van der Waals surface area contributed by atoms with Gasteiger partial charge in [0.15, 0.2) is 0 Å². The molecular formula is C16H22N4. The minimum absolute atomic E-state index is 0.427. The first-order valence-electron chi connectivity index (χ1n) is 7.42. The molecule has 20 heavy (non-hydrogen) atoms. The van der Waals surface area contributed by atoms with Crippen LogP contribution in [0, 0.1) is 0 Å². The lowest BCUT2D eigenvalue weighted by atomic mass is 10.1. The number of rotatable bonds is 5. The summed E-state index contributed by atoms with van der Waals surface area (Å²) in [7, 11) is 0. The number of fused-ring (bicyclic) bond motifs is 1. The first kappa shape index (κ1) is 13.3. The molecule has 1 N–H and O–H groups in total. The smallest absolute Gasteiger partial charge is 0.134 e. The van der Waals surface area contributed by atoms with Gasteiger partial charge in [-0.15, -0.1) is 10.2 Å². The van der Waals surface area contributed by atoms with Gasteiger partial charge >= 0.3 is 0 Å². The lowest BCUT2D eigenvalue weighted by Gasteiger charge is -2.13. The molecule has 0 saturated heterocycles. The van der Waals surface area contributed by atoms with Gasteiger partial charge in [-0.3, -0.25) is 0 Å². The van der Waals surface area contributed by atoms with E-state index in [4.69, 9.17) is 0 Å².